The summed E-state index contributed by atoms with van der Waals surface area (Å²) in [5.74, 6) is 9.76. The number of carbonyl (C=O) groups excluding carboxylic acids is 3. The van der Waals surface area contributed by atoms with Gasteiger partial charge in [-0.1, -0.05) is 43.9 Å². The minimum atomic E-state index is -0.864. The first-order valence-corrected chi connectivity index (χ1v) is 13.1. The molecule has 1 saturated heterocycles. The smallest absolute Gasteiger partial charge is 0.339 e. The summed E-state index contributed by atoms with van der Waals surface area (Å²) in [5.41, 5.74) is 0.409. The molecule has 1 aliphatic carbocycles. The van der Waals surface area contributed by atoms with Gasteiger partial charge in [0.05, 0.1) is 28.4 Å². The molecule has 0 N–H and O–H groups in total. The Morgan fingerprint density at radius 3 is 2.45 bits per heavy atom. The number of ether oxygens (including phenoxy) is 3. The number of hydrogen-bond donors (Lipinski definition) is 0. The predicted octanol–water partition coefficient (Wildman–Crippen LogP) is 4.74. The van der Waals surface area contributed by atoms with Gasteiger partial charge in [0.1, 0.15) is 12.2 Å². The molecule has 1 heterocycles. The van der Waals surface area contributed by atoms with Crippen molar-refractivity contribution in [3.8, 4) is 23.7 Å². The molecule has 2 aromatic rings. The van der Waals surface area contributed by atoms with Crippen LogP contribution >= 0.6 is 0 Å². The van der Waals surface area contributed by atoms with Gasteiger partial charge in [-0.25, -0.2) is 9.59 Å². The van der Waals surface area contributed by atoms with E-state index in [-0.39, 0.29) is 35.5 Å². The van der Waals surface area contributed by atoms with Crippen LogP contribution < -0.4 is 0 Å². The Morgan fingerprint density at radius 1 is 1.07 bits per heavy atom. The Labute approximate surface area is 232 Å². The number of rotatable bonds is 7. The molecular weight excluding hydrogens is 514 g/mol. The van der Waals surface area contributed by atoms with Gasteiger partial charge in [0, 0.05) is 43.2 Å². The molecular formula is C31H29NO8. The highest BCUT2D eigenvalue weighted by Gasteiger charge is 2.51. The third kappa shape index (κ3) is 6.86. The van der Waals surface area contributed by atoms with E-state index in [0.29, 0.717) is 24.8 Å². The lowest BCUT2D eigenvalue weighted by molar-refractivity contribution is -0.384. The van der Waals surface area contributed by atoms with Gasteiger partial charge in [-0.05, 0) is 24.3 Å². The zero-order valence-corrected chi connectivity index (χ0v) is 22.2. The lowest BCUT2D eigenvalue weighted by Gasteiger charge is -2.20. The average Bonchev–Trinajstić information content (AvgIpc) is 3.46. The number of nitro groups is 1. The van der Waals surface area contributed by atoms with Crippen LogP contribution in [0.2, 0.25) is 0 Å². The number of esters is 3. The van der Waals surface area contributed by atoms with E-state index < -0.39 is 41.1 Å². The summed E-state index contributed by atoms with van der Waals surface area (Å²) in [6.45, 7) is 3.79. The Hall–Kier alpha value is -4.63. The predicted molar refractivity (Wildman–Crippen MR) is 144 cm³/mol. The average molecular weight is 544 g/mol. The van der Waals surface area contributed by atoms with Crippen LogP contribution in [0.5, 0.6) is 0 Å². The first kappa shape index (κ1) is 28.4. The molecule has 9 nitrogen and oxygen atoms in total. The lowest BCUT2D eigenvalue weighted by atomic mass is 9.91. The molecule has 0 spiro atoms. The zero-order chi connectivity index (χ0) is 28.6. The number of fused-ring (bicyclic) bond motifs is 1. The fourth-order valence-corrected chi connectivity index (χ4v) is 4.80. The number of nitrogens with zero attached hydrogens (tertiary/aromatic N) is 1. The maximum Gasteiger partial charge on any atom is 0.339 e. The second-order valence-corrected chi connectivity index (χ2v) is 9.77. The lowest BCUT2D eigenvalue weighted by Crippen LogP contribution is -2.27. The summed E-state index contributed by atoms with van der Waals surface area (Å²) in [5, 5.41) is 11.0. The van der Waals surface area contributed by atoms with Gasteiger partial charge in [-0.15, -0.1) is 11.8 Å². The molecule has 4 rings (SSSR count). The van der Waals surface area contributed by atoms with Crippen LogP contribution in [0.4, 0.5) is 5.69 Å². The first-order valence-electron chi connectivity index (χ1n) is 13.1. The van der Waals surface area contributed by atoms with E-state index in [0.717, 1.165) is 0 Å². The van der Waals surface area contributed by atoms with Gasteiger partial charge in [0.15, 0.2) is 6.10 Å². The van der Waals surface area contributed by atoms with Gasteiger partial charge >= 0.3 is 17.9 Å². The van der Waals surface area contributed by atoms with Crippen molar-refractivity contribution in [2.75, 3.05) is 0 Å². The van der Waals surface area contributed by atoms with Crippen LogP contribution in [0.1, 0.15) is 60.2 Å². The van der Waals surface area contributed by atoms with E-state index in [1.54, 1.807) is 30.3 Å². The molecule has 40 heavy (non-hydrogen) atoms. The molecule has 6 atom stereocenters. The monoisotopic (exact) mass is 543 g/mol. The van der Waals surface area contributed by atoms with E-state index in [1.807, 2.05) is 13.8 Å². The van der Waals surface area contributed by atoms with Crippen molar-refractivity contribution < 1.29 is 33.5 Å². The summed E-state index contributed by atoms with van der Waals surface area (Å²) in [6.07, 6.45) is -0.284. The highest BCUT2D eigenvalue weighted by Crippen LogP contribution is 2.42. The summed E-state index contributed by atoms with van der Waals surface area (Å²) in [7, 11) is 0. The van der Waals surface area contributed by atoms with Crippen molar-refractivity contribution in [3.63, 3.8) is 0 Å². The van der Waals surface area contributed by atoms with E-state index >= 15 is 0 Å². The van der Waals surface area contributed by atoms with Crippen molar-refractivity contribution >= 4 is 23.6 Å². The first-order chi connectivity index (χ1) is 19.3. The minimum Gasteiger partial charge on any atom is -0.462 e. The molecule has 0 bridgehead atoms. The third-order valence-electron chi connectivity index (χ3n) is 6.94. The highest BCUT2D eigenvalue weighted by atomic mass is 16.6. The molecule has 9 heteroatoms. The summed E-state index contributed by atoms with van der Waals surface area (Å²) in [6, 6.07) is 13.7. The number of nitro benzene ring substituents is 1. The molecule has 2 fully saturated rings. The van der Waals surface area contributed by atoms with E-state index in [1.165, 1.54) is 24.3 Å². The topological polar surface area (TPSA) is 122 Å². The standard InChI is InChI=1S/C31H29NO8/c1-3-4-6-9-20(2)26(39-31(35)22-12-14-23(15-13-22)32(36)37)17-16-24-25-18-29(33)38-28(25)19-27(24)40-30(34)21-10-7-5-8-11-21/h5,7-8,10-15,20,24-28H,3,9,18-19H2,1-2H3/t20-,24+,25+,26+,27+,28-/m0/s1. The molecule has 206 valence electrons. The second kappa shape index (κ2) is 12.9. The van der Waals surface area contributed by atoms with Gasteiger partial charge in [0.2, 0.25) is 0 Å². The molecule has 2 aliphatic rings. The van der Waals surface area contributed by atoms with E-state index in [9.17, 15) is 24.5 Å². The van der Waals surface area contributed by atoms with Crippen molar-refractivity contribution in [2.24, 2.45) is 17.8 Å². The summed E-state index contributed by atoms with van der Waals surface area (Å²) >= 11 is 0. The molecule has 0 radical (unpaired) electrons. The maximum absolute atomic E-state index is 12.9. The van der Waals surface area contributed by atoms with Crippen LogP contribution in [-0.4, -0.2) is 41.1 Å². The molecule has 1 saturated carbocycles. The van der Waals surface area contributed by atoms with E-state index in [4.69, 9.17) is 14.2 Å². The Bertz CT molecular complexity index is 1380. The normalized spacial score (nSPS) is 22.3. The Morgan fingerprint density at radius 2 is 1.77 bits per heavy atom. The molecule has 1 aliphatic heterocycles. The van der Waals surface area contributed by atoms with Crippen LogP contribution in [0.3, 0.4) is 0 Å². The Balaban J connectivity index is 1.57. The third-order valence-corrected chi connectivity index (χ3v) is 6.94. The van der Waals surface area contributed by atoms with Crippen LogP contribution in [0, 0.1) is 51.5 Å². The Kier molecular flexibility index (Phi) is 9.19. The van der Waals surface area contributed by atoms with Crippen LogP contribution in [0.15, 0.2) is 54.6 Å². The SMILES string of the molecule is CCC#CC[C@H](C)[C@@H](C#C[C@@H]1[C@H]2CC(=O)O[C@H]2C[C@H]1OC(=O)c1ccccc1)OC(=O)c1ccc([N+](=O)[O-])cc1. The fourth-order valence-electron chi connectivity index (χ4n) is 4.80. The number of carbonyl (C=O) groups is 3. The van der Waals surface area contributed by atoms with Gasteiger partial charge in [-0.3, -0.25) is 14.9 Å². The number of hydrogen-bond acceptors (Lipinski definition) is 8. The summed E-state index contributed by atoms with van der Waals surface area (Å²) < 4.78 is 17.0. The van der Waals surface area contributed by atoms with Gasteiger partial charge in [-0.2, -0.15) is 0 Å². The fraction of sp³-hybridized carbons (Fsp3) is 0.387. The quantitative estimate of drug-likeness (QED) is 0.161. The van der Waals surface area contributed by atoms with Crippen LogP contribution in [0.25, 0.3) is 0 Å². The molecule has 2 aromatic carbocycles. The van der Waals surface area contributed by atoms with Crippen molar-refractivity contribution in [2.45, 2.75) is 57.8 Å². The van der Waals surface area contributed by atoms with Gasteiger partial charge in [0.25, 0.3) is 5.69 Å². The van der Waals surface area contributed by atoms with Crippen molar-refractivity contribution in [3.05, 3.63) is 75.8 Å². The van der Waals surface area contributed by atoms with Crippen molar-refractivity contribution in [1.29, 1.82) is 0 Å². The van der Waals surface area contributed by atoms with Crippen LogP contribution in [-0.2, 0) is 19.0 Å². The zero-order valence-electron chi connectivity index (χ0n) is 22.2. The molecule has 0 unspecified atom stereocenters. The molecule has 0 aromatic heterocycles. The maximum atomic E-state index is 12.9. The number of non-ortho nitro benzene ring substituents is 1. The largest absolute Gasteiger partial charge is 0.462 e. The molecule has 0 amide bonds. The van der Waals surface area contributed by atoms with Gasteiger partial charge < -0.3 is 14.2 Å². The van der Waals surface area contributed by atoms with E-state index in [2.05, 4.69) is 23.7 Å². The van der Waals surface area contributed by atoms with Crippen molar-refractivity contribution in [1.82, 2.24) is 0 Å². The minimum absolute atomic E-state index is 0.142. The highest BCUT2D eigenvalue weighted by molar-refractivity contribution is 5.90. The number of benzene rings is 2. The summed E-state index contributed by atoms with van der Waals surface area (Å²) in [4.78, 5) is 48.1. The second-order valence-electron chi connectivity index (χ2n) is 9.77.